The van der Waals surface area contributed by atoms with Crippen molar-refractivity contribution in [2.75, 3.05) is 13.1 Å². The fraction of sp³-hybridized carbons (Fsp3) is 0.600. The number of benzene rings is 1. The lowest BCUT2D eigenvalue weighted by Gasteiger charge is -2.41. The van der Waals surface area contributed by atoms with E-state index in [0.29, 0.717) is 11.5 Å². The quantitative estimate of drug-likeness (QED) is 0.919. The highest BCUT2D eigenvalue weighted by molar-refractivity contribution is 6.30. The third-order valence-electron chi connectivity index (χ3n) is 3.68. The molecule has 1 fully saturated rings. The minimum Gasteiger partial charge on any atom is -0.326 e. The van der Waals surface area contributed by atoms with Gasteiger partial charge in [0.05, 0.1) is 11.1 Å². The van der Waals surface area contributed by atoms with Crippen LogP contribution in [-0.2, 0) is 0 Å². The number of piperidine rings is 1. The van der Waals surface area contributed by atoms with Crippen molar-refractivity contribution in [2.45, 2.75) is 38.8 Å². The summed E-state index contributed by atoms with van der Waals surface area (Å²) in [7, 11) is 0. The van der Waals surface area contributed by atoms with Crippen LogP contribution in [0.2, 0.25) is 5.02 Å². The highest BCUT2D eigenvalue weighted by atomic mass is 35.5. The maximum absolute atomic E-state index is 14.3. The molecule has 0 aromatic heterocycles. The molecule has 0 amide bonds. The zero-order chi connectivity index (χ0) is 14.0. The van der Waals surface area contributed by atoms with Crippen LogP contribution in [0.1, 0.15) is 38.3 Å². The van der Waals surface area contributed by atoms with Crippen molar-refractivity contribution in [3.63, 3.8) is 0 Å². The van der Waals surface area contributed by atoms with Crippen LogP contribution in [0, 0.1) is 11.7 Å². The zero-order valence-corrected chi connectivity index (χ0v) is 12.3. The number of halogens is 2. The summed E-state index contributed by atoms with van der Waals surface area (Å²) in [5, 5.41) is 0.180. The average Bonchev–Trinajstić information content (AvgIpc) is 2.33. The van der Waals surface area contributed by atoms with Crippen molar-refractivity contribution < 1.29 is 4.39 Å². The first kappa shape index (κ1) is 14.8. The Morgan fingerprint density at radius 1 is 1.47 bits per heavy atom. The molecule has 1 aromatic rings. The Kier molecular flexibility index (Phi) is 4.82. The second-order valence-corrected chi connectivity index (χ2v) is 6.19. The number of likely N-dealkylation sites (tertiary alicyclic amines) is 1. The molecule has 2 N–H and O–H groups in total. The second-order valence-electron chi connectivity index (χ2n) is 5.78. The van der Waals surface area contributed by atoms with Gasteiger partial charge >= 0.3 is 0 Å². The van der Waals surface area contributed by atoms with Crippen LogP contribution in [0.5, 0.6) is 0 Å². The van der Waals surface area contributed by atoms with Crippen LogP contribution in [0.15, 0.2) is 18.2 Å². The topological polar surface area (TPSA) is 29.3 Å². The summed E-state index contributed by atoms with van der Waals surface area (Å²) in [6.07, 6.45) is 2.01. The van der Waals surface area contributed by atoms with E-state index in [4.69, 9.17) is 17.3 Å². The standard InChI is InChI=1S/C15H22ClFN2/c1-10(2)9-19-8-4-7-13(18)15(19)11-5-3-6-12(16)14(11)17/h3,5-6,10,13,15H,4,7-9,18H2,1-2H3. The van der Waals surface area contributed by atoms with E-state index in [1.807, 2.05) is 6.07 Å². The Labute approximate surface area is 119 Å². The molecule has 0 saturated carbocycles. The minimum absolute atomic E-state index is 0.0273. The minimum atomic E-state index is -0.319. The molecule has 0 spiro atoms. The Morgan fingerprint density at radius 3 is 2.89 bits per heavy atom. The van der Waals surface area contributed by atoms with Gasteiger partial charge in [0.2, 0.25) is 0 Å². The van der Waals surface area contributed by atoms with Gasteiger partial charge in [-0.05, 0) is 31.4 Å². The summed E-state index contributed by atoms with van der Waals surface area (Å²) in [6, 6.07) is 5.11. The van der Waals surface area contributed by atoms with Crippen molar-refractivity contribution in [3.05, 3.63) is 34.6 Å². The van der Waals surface area contributed by atoms with Crippen molar-refractivity contribution in [1.82, 2.24) is 4.90 Å². The van der Waals surface area contributed by atoms with Crippen LogP contribution in [0.3, 0.4) is 0 Å². The fourth-order valence-electron chi connectivity index (χ4n) is 2.95. The molecular weight excluding hydrogens is 263 g/mol. The Hall–Kier alpha value is -0.640. The van der Waals surface area contributed by atoms with E-state index in [1.165, 1.54) is 0 Å². The first-order valence-corrected chi connectivity index (χ1v) is 7.32. The normalized spacial score (nSPS) is 24.9. The van der Waals surface area contributed by atoms with Gasteiger partial charge in [-0.15, -0.1) is 0 Å². The molecule has 1 aromatic carbocycles. The molecule has 1 aliphatic rings. The van der Waals surface area contributed by atoms with Crippen molar-refractivity contribution in [1.29, 1.82) is 0 Å². The van der Waals surface area contributed by atoms with Gasteiger partial charge < -0.3 is 5.73 Å². The first-order chi connectivity index (χ1) is 9.00. The maximum Gasteiger partial charge on any atom is 0.146 e. The summed E-state index contributed by atoms with van der Waals surface area (Å²) < 4.78 is 14.3. The predicted octanol–water partition coefficient (Wildman–Crippen LogP) is 3.60. The van der Waals surface area contributed by atoms with Gasteiger partial charge in [0.1, 0.15) is 5.82 Å². The largest absolute Gasteiger partial charge is 0.326 e. The first-order valence-electron chi connectivity index (χ1n) is 6.94. The molecule has 0 aliphatic carbocycles. The molecule has 2 atom stereocenters. The van der Waals surface area contributed by atoms with Gasteiger partial charge in [0, 0.05) is 18.2 Å². The molecular formula is C15H22ClFN2. The summed E-state index contributed by atoms with van der Waals surface area (Å²) >= 11 is 5.90. The monoisotopic (exact) mass is 284 g/mol. The molecule has 2 rings (SSSR count). The summed E-state index contributed by atoms with van der Waals surface area (Å²) in [4.78, 5) is 2.30. The van der Waals surface area contributed by atoms with Crippen molar-refractivity contribution >= 4 is 11.6 Å². The van der Waals surface area contributed by atoms with Crippen LogP contribution >= 0.6 is 11.6 Å². The number of hydrogen-bond donors (Lipinski definition) is 1. The van der Waals surface area contributed by atoms with E-state index in [9.17, 15) is 4.39 Å². The highest BCUT2D eigenvalue weighted by Gasteiger charge is 2.32. The van der Waals surface area contributed by atoms with E-state index in [2.05, 4.69) is 18.7 Å². The Morgan fingerprint density at radius 2 is 2.21 bits per heavy atom. The van der Waals surface area contributed by atoms with Gasteiger partial charge in [-0.2, -0.15) is 0 Å². The van der Waals surface area contributed by atoms with Gasteiger partial charge in [-0.1, -0.05) is 37.6 Å². The summed E-state index contributed by atoms with van der Waals surface area (Å²) in [5.74, 6) is 0.218. The van der Waals surface area contributed by atoms with E-state index in [-0.39, 0.29) is 22.9 Å². The SMILES string of the molecule is CC(C)CN1CCCC(N)C1c1cccc(Cl)c1F. The third kappa shape index (κ3) is 3.28. The molecule has 2 nitrogen and oxygen atoms in total. The lowest BCUT2D eigenvalue weighted by atomic mass is 9.90. The van der Waals surface area contributed by atoms with Gasteiger partial charge in [0.15, 0.2) is 0 Å². The van der Waals surface area contributed by atoms with Gasteiger partial charge in [-0.25, -0.2) is 4.39 Å². The van der Waals surface area contributed by atoms with Gasteiger partial charge in [0.25, 0.3) is 0 Å². The van der Waals surface area contributed by atoms with E-state index in [1.54, 1.807) is 12.1 Å². The molecule has 0 radical (unpaired) electrons. The highest BCUT2D eigenvalue weighted by Crippen LogP contribution is 2.34. The number of hydrogen-bond acceptors (Lipinski definition) is 2. The lowest BCUT2D eigenvalue weighted by Crippen LogP contribution is -2.47. The Bertz CT molecular complexity index is 436. The fourth-order valence-corrected chi connectivity index (χ4v) is 3.13. The molecule has 106 valence electrons. The molecule has 1 saturated heterocycles. The number of nitrogens with two attached hydrogens (primary N) is 1. The molecule has 1 heterocycles. The molecule has 4 heteroatoms. The van der Waals surface area contributed by atoms with Crippen molar-refractivity contribution in [3.8, 4) is 0 Å². The maximum atomic E-state index is 14.3. The van der Waals surface area contributed by atoms with Crippen LogP contribution in [0.25, 0.3) is 0 Å². The van der Waals surface area contributed by atoms with Crippen molar-refractivity contribution in [2.24, 2.45) is 11.7 Å². The van der Waals surface area contributed by atoms with E-state index in [0.717, 1.165) is 25.9 Å². The smallest absolute Gasteiger partial charge is 0.146 e. The molecule has 0 bridgehead atoms. The molecule has 2 unspecified atom stereocenters. The number of rotatable bonds is 3. The van der Waals surface area contributed by atoms with E-state index >= 15 is 0 Å². The second kappa shape index (κ2) is 6.21. The zero-order valence-electron chi connectivity index (χ0n) is 11.6. The molecule has 19 heavy (non-hydrogen) atoms. The average molecular weight is 285 g/mol. The summed E-state index contributed by atoms with van der Waals surface area (Å²) in [5.41, 5.74) is 6.88. The van der Waals surface area contributed by atoms with Crippen LogP contribution < -0.4 is 5.73 Å². The van der Waals surface area contributed by atoms with E-state index < -0.39 is 0 Å². The predicted molar refractivity (Wildman–Crippen MR) is 77.8 cm³/mol. The van der Waals surface area contributed by atoms with Crippen LogP contribution in [0.4, 0.5) is 4.39 Å². The number of nitrogens with zero attached hydrogens (tertiary/aromatic N) is 1. The summed E-state index contributed by atoms with van der Waals surface area (Å²) in [6.45, 7) is 6.25. The van der Waals surface area contributed by atoms with Crippen LogP contribution in [-0.4, -0.2) is 24.0 Å². The lowest BCUT2D eigenvalue weighted by molar-refractivity contribution is 0.111. The molecule has 1 aliphatic heterocycles. The third-order valence-corrected chi connectivity index (χ3v) is 3.97. The Balaban J connectivity index is 2.33. The van der Waals surface area contributed by atoms with Gasteiger partial charge in [-0.3, -0.25) is 4.90 Å².